The van der Waals surface area contributed by atoms with Crippen LogP contribution in [0.25, 0.3) is 0 Å². The van der Waals surface area contributed by atoms with Gasteiger partial charge in [-0.3, -0.25) is 0 Å². The van der Waals surface area contributed by atoms with Crippen LogP contribution in [0.1, 0.15) is 65.2 Å². The molecule has 0 aliphatic carbocycles. The molecule has 1 aliphatic heterocycles. The fourth-order valence-electron chi connectivity index (χ4n) is 3.23. The van der Waals surface area contributed by atoms with E-state index in [0.29, 0.717) is 24.7 Å². The fourth-order valence-corrected chi connectivity index (χ4v) is 3.23. The summed E-state index contributed by atoms with van der Waals surface area (Å²) in [6, 6.07) is 0.447. The van der Waals surface area contributed by atoms with Gasteiger partial charge in [0.15, 0.2) is 0 Å². The van der Waals surface area contributed by atoms with Gasteiger partial charge in [0.2, 0.25) is 0 Å². The van der Waals surface area contributed by atoms with Crippen LogP contribution in [0.5, 0.6) is 0 Å². The Labute approximate surface area is 174 Å². The molecule has 3 amide bonds. The quantitative estimate of drug-likeness (QED) is 0.292. The van der Waals surface area contributed by atoms with E-state index >= 15 is 0 Å². The number of nitrogens with zero attached hydrogens (tertiary/aromatic N) is 1. The third-order valence-electron chi connectivity index (χ3n) is 4.91. The van der Waals surface area contributed by atoms with E-state index in [4.69, 9.17) is 9.47 Å². The third kappa shape index (κ3) is 10.8. The van der Waals surface area contributed by atoms with Crippen molar-refractivity contribution in [2.45, 2.75) is 71.3 Å². The average molecular weight is 412 g/mol. The van der Waals surface area contributed by atoms with Crippen molar-refractivity contribution >= 4 is 18.1 Å². The van der Waals surface area contributed by atoms with Gasteiger partial charge in [-0.1, -0.05) is 26.3 Å². The lowest BCUT2D eigenvalue weighted by Gasteiger charge is -2.35. The Morgan fingerprint density at radius 2 is 1.66 bits per heavy atom. The highest BCUT2D eigenvalue weighted by atomic mass is 16.6. The highest BCUT2D eigenvalue weighted by Gasteiger charge is 2.24. The standard InChI is InChI=1S/C21H37N3O5/c1-4-18-11-7-10-14-24(18)20(26)22-12-8-5-6-9-13-23-21(27)29-16-15-28-19(25)17(2)3/h18H,2,4-16H2,1,3H3,(H,22,26)(H,23,27). The summed E-state index contributed by atoms with van der Waals surface area (Å²) < 4.78 is 9.74. The number of piperidine rings is 1. The molecule has 0 bridgehead atoms. The monoisotopic (exact) mass is 411 g/mol. The van der Waals surface area contributed by atoms with Crippen LogP contribution in [-0.2, 0) is 14.3 Å². The van der Waals surface area contributed by atoms with E-state index < -0.39 is 12.1 Å². The maximum Gasteiger partial charge on any atom is 0.407 e. The summed E-state index contributed by atoms with van der Waals surface area (Å²) in [4.78, 5) is 36.9. The maximum absolute atomic E-state index is 12.3. The number of unbranched alkanes of at least 4 members (excludes halogenated alkanes) is 3. The van der Waals surface area contributed by atoms with Gasteiger partial charge >= 0.3 is 18.1 Å². The molecule has 0 spiro atoms. The van der Waals surface area contributed by atoms with Gasteiger partial charge in [-0.15, -0.1) is 0 Å². The molecule has 1 fully saturated rings. The Kier molecular flexibility index (Phi) is 12.6. The van der Waals surface area contributed by atoms with E-state index in [9.17, 15) is 14.4 Å². The van der Waals surface area contributed by atoms with E-state index in [-0.39, 0.29) is 19.2 Å². The van der Waals surface area contributed by atoms with Gasteiger partial charge in [0, 0.05) is 31.2 Å². The lowest BCUT2D eigenvalue weighted by atomic mass is 10.0. The predicted octanol–water partition coefficient (Wildman–Crippen LogP) is 3.37. The number of amides is 3. The number of rotatable bonds is 12. The lowest BCUT2D eigenvalue weighted by Crippen LogP contribution is -2.48. The Bertz CT molecular complexity index is 538. The topological polar surface area (TPSA) is 97.0 Å². The molecule has 2 N–H and O–H groups in total. The molecular weight excluding hydrogens is 374 g/mol. The van der Waals surface area contributed by atoms with Gasteiger partial charge in [-0.25, -0.2) is 14.4 Å². The first kappa shape index (κ1) is 24.8. The molecule has 0 saturated carbocycles. The number of carbonyl (C=O) groups excluding carboxylic acids is 3. The van der Waals surface area contributed by atoms with E-state index in [1.54, 1.807) is 6.92 Å². The molecule has 166 valence electrons. The van der Waals surface area contributed by atoms with Crippen molar-refractivity contribution in [1.29, 1.82) is 0 Å². The van der Waals surface area contributed by atoms with Crippen LogP contribution in [0.2, 0.25) is 0 Å². The summed E-state index contributed by atoms with van der Waals surface area (Å²) in [5, 5.41) is 5.69. The second-order valence-electron chi connectivity index (χ2n) is 7.38. The van der Waals surface area contributed by atoms with Crippen molar-refractivity contribution in [3.05, 3.63) is 12.2 Å². The van der Waals surface area contributed by atoms with Crippen LogP contribution in [-0.4, -0.2) is 61.9 Å². The summed E-state index contributed by atoms with van der Waals surface area (Å²) in [5.41, 5.74) is 0.311. The number of hydrogen-bond acceptors (Lipinski definition) is 5. The van der Waals surface area contributed by atoms with Crippen LogP contribution >= 0.6 is 0 Å². The molecular formula is C21H37N3O5. The predicted molar refractivity (Wildman–Crippen MR) is 112 cm³/mol. The van der Waals surface area contributed by atoms with Crippen LogP contribution in [0.4, 0.5) is 9.59 Å². The zero-order valence-electron chi connectivity index (χ0n) is 18.0. The van der Waals surface area contributed by atoms with Crippen molar-refractivity contribution in [3.8, 4) is 0 Å². The second kappa shape index (κ2) is 14.7. The largest absolute Gasteiger partial charge is 0.459 e. The smallest absolute Gasteiger partial charge is 0.407 e. The molecule has 0 aromatic carbocycles. The zero-order valence-corrected chi connectivity index (χ0v) is 18.0. The maximum atomic E-state index is 12.3. The van der Waals surface area contributed by atoms with Crippen molar-refractivity contribution in [1.82, 2.24) is 15.5 Å². The van der Waals surface area contributed by atoms with E-state index in [2.05, 4.69) is 24.1 Å². The Hall–Kier alpha value is -2.25. The summed E-state index contributed by atoms with van der Waals surface area (Å²) >= 11 is 0. The minimum Gasteiger partial charge on any atom is -0.459 e. The summed E-state index contributed by atoms with van der Waals surface area (Å²) in [6.07, 6.45) is 7.65. The average Bonchev–Trinajstić information content (AvgIpc) is 2.72. The molecule has 29 heavy (non-hydrogen) atoms. The fraction of sp³-hybridized carbons (Fsp3) is 0.762. The molecule has 1 rings (SSSR count). The second-order valence-corrected chi connectivity index (χ2v) is 7.38. The van der Waals surface area contributed by atoms with Crippen molar-refractivity contribution in [3.63, 3.8) is 0 Å². The van der Waals surface area contributed by atoms with E-state index in [1.165, 1.54) is 6.42 Å². The molecule has 1 saturated heterocycles. The number of likely N-dealkylation sites (tertiary alicyclic amines) is 1. The zero-order chi connectivity index (χ0) is 21.5. The number of urea groups is 1. The number of alkyl carbamates (subject to hydrolysis) is 1. The van der Waals surface area contributed by atoms with Crippen molar-refractivity contribution < 1.29 is 23.9 Å². The van der Waals surface area contributed by atoms with Gasteiger partial charge < -0.3 is 25.0 Å². The molecule has 0 aromatic heterocycles. The summed E-state index contributed by atoms with van der Waals surface area (Å²) in [5.74, 6) is -0.494. The van der Waals surface area contributed by atoms with E-state index in [0.717, 1.165) is 51.5 Å². The number of esters is 1. The van der Waals surface area contributed by atoms with Crippen LogP contribution in [0, 0.1) is 0 Å². The van der Waals surface area contributed by atoms with Gasteiger partial charge in [0.1, 0.15) is 13.2 Å². The normalized spacial score (nSPS) is 16.1. The van der Waals surface area contributed by atoms with Gasteiger partial charge in [-0.05, 0) is 45.4 Å². The molecule has 8 nitrogen and oxygen atoms in total. The molecule has 1 aliphatic rings. The van der Waals surface area contributed by atoms with Crippen molar-refractivity contribution in [2.75, 3.05) is 32.8 Å². The SMILES string of the molecule is C=C(C)C(=O)OCCOC(=O)NCCCCCCNC(=O)N1CCCCC1CC. The first-order chi connectivity index (χ1) is 14.0. The molecule has 8 heteroatoms. The minimum absolute atomic E-state index is 0.0143. The van der Waals surface area contributed by atoms with Crippen molar-refractivity contribution in [2.24, 2.45) is 0 Å². The number of nitrogens with one attached hydrogen (secondary N) is 2. The molecule has 1 unspecified atom stereocenters. The van der Waals surface area contributed by atoms with Gasteiger partial charge in [0.05, 0.1) is 0 Å². The van der Waals surface area contributed by atoms with Crippen LogP contribution in [0.15, 0.2) is 12.2 Å². The van der Waals surface area contributed by atoms with E-state index in [1.807, 2.05) is 4.90 Å². The first-order valence-electron chi connectivity index (χ1n) is 10.7. The molecule has 0 aromatic rings. The molecule has 0 radical (unpaired) electrons. The highest BCUT2D eigenvalue weighted by molar-refractivity contribution is 5.86. The Morgan fingerprint density at radius 3 is 2.31 bits per heavy atom. The number of hydrogen-bond donors (Lipinski definition) is 2. The Balaban J connectivity index is 1.95. The van der Waals surface area contributed by atoms with Crippen LogP contribution < -0.4 is 10.6 Å². The molecule has 1 atom stereocenters. The summed E-state index contributed by atoms with van der Waals surface area (Å²) in [7, 11) is 0. The van der Waals surface area contributed by atoms with Gasteiger partial charge in [0.25, 0.3) is 0 Å². The molecule has 1 heterocycles. The van der Waals surface area contributed by atoms with Crippen LogP contribution in [0.3, 0.4) is 0 Å². The summed E-state index contributed by atoms with van der Waals surface area (Å²) in [6.45, 7) is 9.27. The lowest BCUT2D eigenvalue weighted by molar-refractivity contribution is -0.139. The Morgan fingerprint density at radius 1 is 1.00 bits per heavy atom. The highest BCUT2D eigenvalue weighted by Crippen LogP contribution is 2.19. The first-order valence-corrected chi connectivity index (χ1v) is 10.7. The third-order valence-corrected chi connectivity index (χ3v) is 4.91. The number of ether oxygens (including phenoxy) is 2. The van der Waals surface area contributed by atoms with Gasteiger partial charge in [-0.2, -0.15) is 0 Å². The minimum atomic E-state index is -0.518. The number of carbonyl (C=O) groups is 3.